The van der Waals surface area contributed by atoms with E-state index in [-0.39, 0.29) is 6.10 Å². The third kappa shape index (κ3) is 3.61. The summed E-state index contributed by atoms with van der Waals surface area (Å²) in [5, 5.41) is 0. The molecule has 0 bridgehead atoms. The van der Waals surface area contributed by atoms with Gasteiger partial charge in [-0.2, -0.15) is 0 Å². The Morgan fingerprint density at radius 3 is 2.56 bits per heavy atom. The Morgan fingerprint density at radius 1 is 1.39 bits per heavy atom. The Bertz CT molecular complexity index is 410. The third-order valence-electron chi connectivity index (χ3n) is 3.00. The van der Waals surface area contributed by atoms with Gasteiger partial charge in [0.1, 0.15) is 5.75 Å². The summed E-state index contributed by atoms with van der Waals surface area (Å²) in [4.78, 5) is 0. The van der Waals surface area contributed by atoms with Gasteiger partial charge in [-0.25, -0.2) is 0 Å². The molecule has 2 heteroatoms. The van der Waals surface area contributed by atoms with Gasteiger partial charge in [0.15, 0.2) is 0 Å². The molecule has 0 aliphatic heterocycles. The Balaban J connectivity index is 2.98. The molecule has 0 heterocycles. The minimum Gasteiger partial charge on any atom is -0.462 e. The van der Waals surface area contributed by atoms with Gasteiger partial charge in [-0.1, -0.05) is 31.7 Å². The summed E-state index contributed by atoms with van der Waals surface area (Å²) in [6.45, 7) is 13.9. The van der Waals surface area contributed by atoms with Crippen LogP contribution >= 0.6 is 0 Å². The lowest BCUT2D eigenvalue weighted by atomic mass is 10.1. The summed E-state index contributed by atoms with van der Waals surface area (Å²) in [6.07, 6.45) is 2.77. The van der Waals surface area contributed by atoms with Crippen LogP contribution in [-0.4, -0.2) is 11.9 Å². The van der Waals surface area contributed by atoms with Crippen LogP contribution in [0, 0.1) is 6.92 Å². The fourth-order valence-corrected chi connectivity index (χ4v) is 1.87. The first-order valence-corrected chi connectivity index (χ1v) is 6.50. The Labute approximate surface area is 111 Å². The van der Waals surface area contributed by atoms with Crippen molar-refractivity contribution < 1.29 is 9.47 Å². The van der Waals surface area contributed by atoms with Crippen molar-refractivity contribution in [2.45, 2.75) is 52.9 Å². The molecule has 0 aromatic heterocycles. The molecule has 0 amide bonds. The topological polar surface area (TPSA) is 18.5 Å². The van der Waals surface area contributed by atoms with Crippen molar-refractivity contribution in [3.63, 3.8) is 0 Å². The molecule has 0 saturated heterocycles. The number of rotatable bonds is 6. The zero-order valence-corrected chi connectivity index (χ0v) is 12.1. The van der Waals surface area contributed by atoms with E-state index in [2.05, 4.69) is 13.5 Å². The average Bonchev–Trinajstić information content (AvgIpc) is 2.31. The molecule has 0 aliphatic carbocycles. The van der Waals surface area contributed by atoms with Crippen molar-refractivity contribution in [1.82, 2.24) is 0 Å². The molecule has 1 rings (SSSR count). The van der Waals surface area contributed by atoms with Gasteiger partial charge in [-0.3, -0.25) is 0 Å². The van der Waals surface area contributed by atoms with E-state index in [0.717, 1.165) is 23.3 Å². The van der Waals surface area contributed by atoms with Crippen LogP contribution in [-0.2, 0) is 4.74 Å². The number of hydrogen-bond donors (Lipinski definition) is 0. The quantitative estimate of drug-likeness (QED) is 0.687. The first-order chi connectivity index (χ1) is 8.41. The lowest BCUT2D eigenvalue weighted by Crippen LogP contribution is -2.37. The van der Waals surface area contributed by atoms with Crippen LogP contribution in [0.25, 0.3) is 6.08 Å². The second-order valence-corrected chi connectivity index (χ2v) is 4.93. The maximum Gasteiger partial charge on any atom is 0.207 e. The molecule has 100 valence electrons. The highest BCUT2D eigenvalue weighted by Gasteiger charge is 2.27. The largest absolute Gasteiger partial charge is 0.462 e. The van der Waals surface area contributed by atoms with Gasteiger partial charge < -0.3 is 9.47 Å². The van der Waals surface area contributed by atoms with Crippen LogP contribution in [0.4, 0.5) is 0 Å². The molecule has 1 aromatic rings. The molecule has 0 fully saturated rings. The first kappa shape index (κ1) is 14.8. The summed E-state index contributed by atoms with van der Waals surface area (Å²) < 4.78 is 11.9. The van der Waals surface area contributed by atoms with Gasteiger partial charge in [0, 0.05) is 13.3 Å². The highest BCUT2D eigenvalue weighted by Crippen LogP contribution is 2.28. The monoisotopic (exact) mass is 248 g/mol. The Kier molecular flexibility index (Phi) is 4.97. The number of benzene rings is 1. The van der Waals surface area contributed by atoms with Crippen molar-refractivity contribution in [3.8, 4) is 5.75 Å². The maximum absolute atomic E-state index is 6.07. The van der Waals surface area contributed by atoms with E-state index in [0.29, 0.717) is 0 Å². The minimum absolute atomic E-state index is 0.137. The summed E-state index contributed by atoms with van der Waals surface area (Å²) in [6, 6.07) is 5.98. The first-order valence-electron chi connectivity index (χ1n) is 6.50. The van der Waals surface area contributed by atoms with E-state index in [1.165, 1.54) is 0 Å². The highest BCUT2D eigenvalue weighted by molar-refractivity contribution is 5.55. The van der Waals surface area contributed by atoms with Crippen LogP contribution in [0.3, 0.4) is 0 Å². The minimum atomic E-state index is -0.585. The van der Waals surface area contributed by atoms with Crippen LogP contribution in [0.2, 0.25) is 0 Å². The molecular formula is C16H24O2. The summed E-state index contributed by atoms with van der Waals surface area (Å²) in [5.74, 6) is 0.274. The lowest BCUT2D eigenvalue weighted by molar-refractivity contribution is -0.193. The normalized spacial score (nSPS) is 14.3. The van der Waals surface area contributed by atoms with Crippen LogP contribution in [0.15, 0.2) is 24.8 Å². The molecular weight excluding hydrogens is 224 g/mol. The van der Waals surface area contributed by atoms with E-state index in [1.807, 2.05) is 52.0 Å². The Morgan fingerprint density at radius 2 is 2.06 bits per heavy atom. The van der Waals surface area contributed by atoms with Crippen molar-refractivity contribution in [2.24, 2.45) is 0 Å². The van der Waals surface area contributed by atoms with Gasteiger partial charge in [-0.05, 0) is 38.0 Å². The summed E-state index contributed by atoms with van der Waals surface area (Å²) >= 11 is 0. The molecule has 18 heavy (non-hydrogen) atoms. The fourth-order valence-electron chi connectivity index (χ4n) is 1.87. The second kappa shape index (κ2) is 6.05. The van der Waals surface area contributed by atoms with Crippen molar-refractivity contribution in [1.29, 1.82) is 0 Å². The van der Waals surface area contributed by atoms with Crippen molar-refractivity contribution in [3.05, 3.63) is 35.9 Å². The van der Waals surface area contributed by atoms with Gasteiger partial charge in [0.05, 0.1) is 6.10 Å². The second-order valence-electron chi connectivity index (χ2n) is 4.93. The third-order valence-corrected chi connectivity index (χ3v) is 3.00. The smallest absolute Gasteiger partial charge is 0.207 e. The molecule has 0 aliphatic rings. The van der Waals surface area contributed by atoms with Gasteiger partial charge in [0.2, 0.25) is 5.79 Å². The van der Waals surface area contributed by atoms with Gasteiger partial charge >= 0.3 is 0 Å². The summed E-state index contributed by atoms with van der Waals surface area (Å²) in [7, 11) is 0. The van der Waals surface area contributed by atoms with Crippen LogP contribution < -0.4 is 4.74 Å². The van der Waals surface area contributed by atoms with Crippen LogP contribution in [0.1, 0.15) is 45.2 Å². The zero-order valence-electron chi connectivity index (χ0n) is 12.1. The predicted octanol–water partition coefficient (Wildman–Crippen LogP) is 4.57. The molecule has 1 unspecified atom stereocenters. The maximum atomic E-state index is 6.07. The number of ether oxygens (including phenoxy) is 2. The predicted molar refractivity (Wildman–Crippen MR) is 76.8 cm³/mol. The molecule has 0 spiro atoms. The zero-order chi connectivity index (χ0) is 13.8. The standard InChI is InChI=1S/C16H24O2/c1-7-14-10-9-11-15(13(14)5)18-16(6,8-2)17-12(3)4/h7,9-12H,1,8H2,2-6H3. The SMILES string of the molecule is C=Cc1cccc(OC(C)(CC)OC(C)C)c1C. The Hall–Kier alpha value is -1.28. The molecule has 1 atom stereocenters. The van der Waals surface area contributed by atoms with Crippen molar-refractivity contribution in [2.75, 3.05) is 0 Å². The molecule has 2 nitrogen and oxygen atoms in total. The molecule has 0 saturated carbocycles. The van der Waals surface area contributed by atoms with E-state index in [4.69, 9.17) is 9.47 Å². The molecule has 0 N–H and O–H groups in total. The molecule has 0 radical (unpaired) electrons. The van der Waals surface area contributed by atoms with E-state index in [1.54, 1.807) is 0 Å². The fraction of sp³-hybridized carbons (Fsp3) is 0.500. The summed E-state index contributed by atoms with van der Waals surface area (Å²) in [5.41, 5.74) is 2.19. The van der Waals surface area contributed by atoms with Crippen molar-refractivity contribution >= 4 is 6.08 Å². The van der Waals surface area contributed by atoms with Gasteiger partial charge in [0.25, 0.3) is 0 Å². The van der Waals surface area contributed by atoms with Gasteiger partial charge in [-0.15, -0.1) is 0 Å². The number of hydrogen-bond acceptors (Lipinski definition) is 2. The lowest BCUT2D eigenvalue weighted by Gasteiger charge is -2.32. The van der Waals surface area contributed by atoms with E-state index >= 15 is 0 Å². The van der Waals surface area contributed by atoms with E-state index in [9.17, 15) is 0 Å². The average molecular weight is 248 g/mol. The highest BCUT2D eigenvalue weighted by atomic mass is 16.7. The van der Waals surface area contributed by atoms with Crippen LogP contribution in [0.5, 0.6) is 5.75 Å². The molecule has 1 aromatic carbocycles. The van der Waals surface area contributed by atoms with E-state index < -0.39 is 5.79 Å².